The highest BCUT2D eigenvalue weighted by Crippen LogP contribution is 2.39. The Hall–Kier alpha value is -1.33. The number of rotatable bonds is 5. The maximum absolute atomic E-state index is 11.0. The van der Waals surface area contributed by atoms with E-state index in [0.29, 0.717) is 0 Å². The second kappa shape index (κ2) is 6.73. The van der Waals surface area contributed by atoms with Crippen molar-refractivity contribution in [2.24, 2.45) is 0 Å². The molecule has 98 valence electrons. The van der Waals surface area contributed by atoms with Crippen LogP contribution in [0.25, 0.3) is 0 Å². The van der Waals surface area contributed by atoms with Crippen LogP contribution in [0.15, 0.2) is 58.2 Å². The first-order valence-electron chi connectivity index (χ1n) is 5.70. The number of hydrogen-bond acceptors (Lipinski definition) is 3. The second-order valence-electron chi connectivity index (χ2n) is 3.91. The van der Waals surface area contributed by atoms with Gasteiger partial charge < -0.3 is 5.11 Å². The van der Waals surface area contributed by atoms with E-state index in [-0.39, 0.29) is 11.7 Å². The van der Waals surface area contributed by atoms with Crippen LogP contribution in [-0.2, 0) is 4.79 Å². The number of benzene rings is 1. The molecule has 5 heteroatoms. The fourth-order valence-corrected chi connectivity index (χ4v) is 3.27. The van der Waals surface area contributed by atoms with Gasteiger partial charge in [0.05, 0.1) is 6.42 Å². The molecule has 0 aliphatic rings. The summed E-state index contributed by atoms with van der Waals surface area (Å²) in [5, 5.41) is 9.70. The van der Waals surface area contributed by atoms with Crippen molar-refractivity contribution in [3.8, 4) is 0 Å². The summed E-state index contributed by atoms with van der Waals surface area (Å²) in [6, 6.07) is 13.4. The molecule has 19 heavy (non-hydrogen) atoms. The molecular weight excluding hydrogens is 326 g/mol. The molecule has 0 saturated heterocycles. The molecule has 1 heterocycles. The summed E-state index contributed by atoms with van der Waals surface area (Å²) in [7, 11) is 0. The van der Waals surface area contributed by atoms with Crippen molar-refractivity contribution in [2.75, 3.05) is 0 Å². The summed E-state index contributed by atoms with van der Waals surface area (Å²) in [4.78, 5) is 15.3. The first-order chi connectivity index (χ1) is 9.16. The van der Waals surface area contributed by atoms with E-state index in [4.69, 9.17) is 5.11 Å². The number of hydrogen-bond donors (Lipinski definition) is 1. The smallest absolute Gasteiger partial charge is 0.304 e. The monoisotopic (exact) mass is 337 g/mol. The van der Waals surface area contributed by atoms with Crippen LogP contribution < -0.4 is 0 Å². The lowest BCUT2D eigenvalue weighted by Crippen LogP contribution is -2.03. The molecule has 2 rings (SSSR count). The SMILES string of the molecule is O=C(O)CC(Sc1ncccc1Br)c1ccccc1. The van der Waals surface area contributed by atoms with Crippen molar-refractivity contribution in [3.63, 3.8) is 0 Å². The van der Waals surface area contributed by atoms with Crippen LogP contribution in [-0.4, -0.2) is 16.1 Å². The summed E-state index contributed by atoms with van der Waals surface area (Å²) in [5.74, 6) is -0.812. The molecule has 1 unspecified atom stereocenters. The summed E-state index contributed by atoms with van der Waals surface area (Å²) < 4.78 is 0.881. The lowest BCUT2D eigenvalue weighted by atomic mass is 10.1. The normalized spacial score (nSPS) is 12.1. The minimum absolute atomic E-state index is 0.0672. The Labute approximate surface area is 124 Å². The van der Waals surface area contributed by atoms with Gasteiger partial charge in [-0.2, -0.15) is 0 Å². The molecular formula is C14H12BrNO2S. The number of aromatic nitrogens is 1. The van der Waals surface area contributed by atoms with Gasteiger partial charge in [0.2, 0.25) is 0 Å². The van der Waals surface area contributed by atoms with Crippen molar-refractivity contribution in [1.82, 2.24) is 4.98 Å². The molecule has 0 bridgehead atoms. The van der Waals surface area contributed by atoms with Gasteiger partial charge in [0, 0.05) is 15.9 Å². The first-order valence-corrected chi connectivity index (χ1v) is 7.38. The zero-order valence-corrected chi connectivity index (χ0v) is 12.4. The van der Waals surface area contributed by atoms with Gasteiger partial charge in [-0.05, 0) is 33.6 Å². The third-order valence-electron chi connectivity index (χ3n) is 2.51. The minimum Gasteiger partial charge on any atom is -0.481 e. The summed E-state index contributed by atoms with van der Waals surface area (Å²) in [5.41, 5.74) is 0.993. The molecule has 0 aliphatic heterocycles. The number of halogens is 1. The van der Waals surface area contributed by atoms with Crippen LogP contribution in [0.5, 0.6) is 0 Å². The molecule has 0 amide bonds. The maximum atomic E-state index is 11.0. The lowest BCUT2D eigenvalue weighted by Gasteiger charge is -2.15. The van der Waals surface area contributed by atoms with Gasteiger partial charge >= 0.3 is 5.97 Å². The van der Waals surface area contributed by atoms with Crippen LogP contribution in [0.3, 0.4) is 0 Å². The van der Waals surface area contributed by atoms with Gasteiger partial charge in [-0.3, -0.25) is 4.79 Å². The van der Waals surface area contributed by atoms with Crippen molar-refractivity contribution in [3.05, 3.63) is 58.7 Å². The van der Waals surface area contributed by atoms with Crippen LogP contribution in [0, 0.1) is 0 Å². The predicted octanol–water partition coefficient (Wildman–Crippen LogP) is 4.15. The Morgan fingerprint density at radius 3 is 2.63 bits per heavy atom. The van der Waals surface area contributed by atoms with E-state index < -0.39 is 5.97 Å². The topological polar surface area (TPSA) is 50.2 Å². The van der Waals surface area contributed by atoms with Gasteiger partial charge in [0.25, 0.3) is 0 Å². The largest absolute Gasteiger partial charge is 0.481 e. The molecule has 0 fully saturated rings. The van der Waals surface area contributed by atoms with Gasteiger partial charge in [0.15, 0.2) is 0 Å². The summed E-state index contributed by atoms with van der Waals surface area (Å²) in [6.45, 7) is 0. The van der Waals surface area contributed by atoms with Crippen molar-refractivity contribution in [1.29, 1.82) is 0 Å². The van der Waals surface area contributed by atoms with Crippen LogP contribution >= 0.6 is 27.7 Å². The minimum atomic E-state index is -0.812. The molecule has 3 nitrogen and oxygen atoms in total. The van der Waals surface area contributed by atoms with E-state index in [1.807, 2.05) is 42.5 Å². The zero-order chi connectivity index (χ0) is 13.7. The predicted molar refractivity (Wildman–Crippen MR) is 79.2 cm³/mol. The highest BCUT2D eigenvalue weighted by Gasteiger charge is 2.18. The van der Waals surface area contributed by atoms with E-state index in [2.05, 4.69) is 20.9 Å². The molecule has 1 aromatic carbocycles. The summed E-state index contributed by atoms with van der Waals surface area (Å²) >= 11 is 4.89. The van der Waals surface area contributed by atoms with E-state index in [0.717, 1.165) is 15.1 Å². The Morgan fingerprint density at radius 2 is 2.00 bits per heavy atom. The second-order valence-corrected chi connectivity index (χ2v) is 5.95. The molecule has 0 spiro atoms. The molecule has 1 atom stereocenters. The Bertz CT molecular complexity index is 562. The van der Waals surface area contributed by atoms with E-state index >= 15 is 0 Å². The van der Waals surface area contributed by atoms with E-state index in [1.165, 1.54) is 11.8 Å². The molecule has 0 radical (unpaired) electrons. The highest BCUT2D eigenvalue weighted by atomic mass is 79.9. The quantitative estimate of drug-likeness (QED) is 0.832. The molecule has 0 saturated carbocycles. The van der Waals surface area contributed by atoms with Gasteiger partial charge in [0.1, 0.15) is 5.03 Å². The highest BCUT2D eigenvalue weighted by molar-refractivity contribution is 9.10. The van der Waals surface area contributed by atoms with E-state index in [9.17, 15) is 4.79 Å². The van der Waals surface area contributed by atoms with Crippen LogP contribution in [0.1, 0.15) is 17.2 Å². The number of carboxylic acids is 1. The average molecular weight is 338 g/mol. The molecule has 2 aromatic rings. The van der Waals surface area contributed by atoms with Crippen molar-refractivity contribution < 1.29 is 9.90 Å². The summed E-state index contributed by atoms with van der Waals surface area (Å²) in [6.07, 6.45) is 1.77. The fraction of sp³-hybridized carbons (Fsp3) is 0.143. The average Bonchev–Trinajstić information content (AvgIpc) is 2.41. The Balaban J connectivity index is 2.24. The number of nitrogens with zero attached hydrogens (tertiary/aromatic N) is 1. The number of thioether (sulfide) groups is 1. The number of aliphatic carboxylic acids is 1. The fourth-order valence-electron chi connectivity index (χ4n) is 1.65. The molecule has 0 aliphatic carbocycles. The Morgan fingerprint density at radius 1 is 1.26 bits per heavy atom. The standard InChI is InChI=1S/C14H12BrNO2S/c15-11-7-4-8-16-14(11)19-12(9-13(17)18)10-5-2-1-3-6-10/h1-8,12H,9H2,(H,17,18). The number of carboxylic acid groups (broad SMARTS) is 1. The van der Waals surface area contributed by atoms with Crippen LogP contribution in [0.4, 0.5) is 0 Å². The van der Waals surface area contributed by atoms with Gasteiger partial charge in [-0.15, -0.1) is 0 Å². The lowest BCUT2D eigenvalue weighted by molar-refractivity contribution is -0.137. The van der Waals surface area contributed by atoms with Gasteiger partial charge in [-0.25, -0.2) is 4.98 Å². The Kier molecular flexibility index (Phi) is 4.99. The van der Waals surface area contributed by atoms with Crippen molar-refractivity contribution in [2.45, 2.75) is 16.7 Å². The molecule has 1 aromatic heterocycles. The number of pyridine rings is 1. The maximum Gasteiger partial charge on any atom is 0.304 e. The van der Waals surface area contributed by atoms with E-state index in [1.54, 1.807) is 6.20 Å². The van der Waals surface area contributed by atoms with Gasteiger partial charge in [-0.1, -0.05) is 42.1 Å². The van der Waals surface area contributed by atoms with Crippen LogP contribution in [0.2, 0.25) is 0 Å². The zero-order valence-electron chi connectivity index (χ0n) is 9.99. The third-order valence-corrected chi connectivity index (χ3v) is 4.68. The van der Waals surface area contributed by atoms with Crippen molar-refractivity contribution >= 4 is 33.7 Å². The third kappa shape index (κ3) is 4.08. The molecule has 1 N–H and O–H groups in total. The first kappa shape index (κ1) is 14.1. The number of carbonyl (C=O) groups is 1.